The van der Waals surface area contributed by atoms with E-state index in [1.165, 1.54) is 17.2 Å². The summed E-state index contributed by atoms with van der Waals surface area (Å²) in [6.07, 6.45) is 3.05. The Morgan fingerprint density at radius 2 is 2.00 bits per heavy atom. The van der Waals surface area contributed by atoms with Gasteiger partial charge >= 0.3 is 0 Å². The maximum Gasteiger partial charge on any atom is 0.257 e. The van der Waals surface area contributed by atoms with E-state index < -0.39 is 0 Å². The Bertz CT molecular complexity index is 771. The van der Waals surface area contributed by atoms with Crippen molar-refractivity contribution in [2.45, 2.75) is 6.54 Å². The van der Waals surface area contributed by atoms with Crippen LogP contribution in [-0.2, 0) is 6.54 Å². The second kappa shape index (κ2) is 6.14. The maximum absolute atomic E-state index is 12.3. The molecule has 1 saturated heterocycles. The highest BCUT2D eigenvalue weighted by Gasteiger charge is 2.23. The Hall–Kier alpha value is -2.18. The third kappa shape index (κ3) is 3.00. The van der Waals surface area contributed by atoms with Crippen molar-refractivity contribution in [2.24, 2.45) is 0 Å². The number of para-hydroxylation sites is 1. The zero-order valence-corrected chi connectivity index (χ0v) is 13.5. The summed E-state index contributed by atoms with van der Waals surface area (Å²) in [6.45, 7) is 4.09. The topological polar surface area (TPSA) is 49.6 Å². The first kappa shape index (κ1) is 14.4. The minimum Gasteiger partial charge on any atom is -0.472 e. The van der Waals surface area contributed by atoms with Crippen LogP contribution < -0.4 is 0 Å². The monoisotopic (exact) mass is 327 g/mol. The van der Waals surface area contributed by atoms with Crippen molar-refractivity contribution >= 4 is 27.5 Å². The molecule has 1 aliphatic heterocycles. The van der Waals surface area contributed by atoms with Crippen LogP contribution in [-0.4, -0.2) is 46.9 Å². The van der Waals surface area contributed by atoms with Crippen LogP contribution in [0.5, 0.6) is 0 Å². The molecule has 1 amide bonds. The largest absolute Gasteiger partial charge is 0.472 e. The van der Waals surface area contributed by atoms with Gasteiger partial charge in [-0.2, -0.15) is 0 Å². The van der Waals surface area contributed by atoms with Crippen molar-refractivity contribution in [3.8, 4) is 0 Å². The summed E-state index contributed by atoms with van der Waals surface area (Å²) < 4.78 is 6.22. The Morgan fingerprint density at radius 3 is 2.74 bits per heavy atom. The number of rotatable bonds is 3. The van der Waals surface area contributed by atoms with Gasteiger partial charge < -0.3 is 9.32 Å². The number of aromatic nitrogens is 1. The number of hydrogen-bond acceptors (Lipinski definition) is 5. The van der Waals surface area contributed by atoms with E-state index in [0.717, 1.165) is 43.2 Å². The molecular formula is C17H17N3O2S. The highest BCUT2D eigenvalue weighted by Crippen LogP contribution is 2.23. The van der Waals surface area contributed by atoms with E-state index in [1.807, 2.05) is 17.0 Å². The van der Waals surface area contributed by atoms with E-state index >= 15 is 0 Å². The lowest BCUT2D eigenvalue weighted by atomic mass is 10.2. The number of furan rings is 1. The van der Waals surface area contributed by atoms with E-state index in [2.05, 4.69) is 22.0 Å². The predicted molar refractivity (Wildman–Crippen MR) is 89.5 cm³/mol. The van der Waals surface area contributed by atoms with Crippen LogP contribution in [0.1, 0.15) is 15.4 Å². The van der Waals surface area contributed by atoms with E-state index in [9.17, 15) is 4.79 Å². The SMILES string of the molecule is O=C(c1ccoc1)N1CCN(Cc2nc3ccccc3s2)CC1. The molecule has 2 aromatic heterocycles. The quantitative estimate of drug-likeness (QED) is 0.742. The van der Waals surface area contributed by atoms with Crippen molar-refractivity contribution in [1.82, 2.24) is 14.8 Å². The Morgan fingerprint density at radius 1 is 1.17 bits per heavy atom. The summed E-state index contributed by atoms with van der Waals surface area (Å²) in [5.41, 5.74) is 1.70. The first-order valence-electron chi connectivity index (χ1n) is 7.68. The van der Waals surface area contributed by atoms with Crippen molar-refractivity contribution in [2.75, 3.05) is 26.2 Å². The zero-order chi connectivity index (χ0) is 15.6. The number of carbonyl (C=O) groups is 1. The number of carbonyl (C=O) groups excluding carboxylic acids is 1. The van der Waals surface area contributed by atoms with Crippen LogP contribution in [0, 0.1) is 0 Å². The van der Waals surface area contributed by atoms with Crippen LogP contribution >= 0.6 is 11.3 Å². The fourth-order valence-corrected chi connectivity index (χ4v) is 3.87. The molecule has 0 N–H and O–H groups in total. The third-order valence-corrected chi connectivity index (χ3v) is 5.15. The number of nitrogens with zero attached hydrogens (tertiary/aromatic N) is 3. The van der Waals surface area contributed by atoms with E-state index in [0.29, 0.717) is 5.56 Å². The third-order valence-electron chi connectivity index (χ3n) is 4.12. The Balaban J connectivity index is 1.37. The Labute approximate surface area is 138 Å². The number of hydrogen-bond donors (Lipinski definition) is 0. The van der Waals surface area contributed by atoms with Crippen molar-refractivity contribution in [1.29, 1.82) is 0 Å². The smallest absolute Gasteiger partial charge is 0.257 e. The minimum atomic E-state index is 0.0541. The molecule has 3 aromatic rings. The summed E-state index contributed by atoms with van der Waals surface area (Å²) in [6, 6.07) is 9.95. The molecule has 1 fully saturated rings. The first-order chi connectivity index (χ1) is 11.3. The molecule has 0 unspecified atom stereocenters. The molecular weight excluding hydrogens is 310 g/mol. The van der Waals surface area contributed by atoms with Crippen LogP contribution in [0.4, 0.5) is 0 Å². The predicted octanol–water partition coefficient (Wildman–Crippen LogP) is 2.85. The molecule has 6 heteroatoms. The van der Waals surface area contributed by atoms with E-state index in [-0.39, 0.29) is 5.91 Å². The second-order valence-corrected chi connectivity index (χ2v) is 6.77. The van der Waals surface area contributed by atoms with Gasteiger partial charge in [0.2, 0.25) is 0 Å². The standard InChI is InChI=1S/C17H17N3O2S/c21-17(13-5-10-22-12-13)20-8-6-19(7-9-20)11-16-18-14-3-1-2-4-15(14)23-16/h1-5,10,12H,6-9,11H2. The molecule has 0 radical (unpaired) electrons. The molecule has 0 aliphatic carbocycles. The van der Waals surface area contributed by atoms with Crippen molar-refractivity contribution in [3.63, 3.8) is 0 Å². The number of fused-ring (bicyclic) bond motifs is 1. The van der Waals surface area contributed by atoms with Gasteiger partial charge in [-0.25, -0.2) is 4.98 Å². The van der Waals surface area contributed by atoms with Crippen LogP contribution in [0.25, 0.3) is 10.2 Å². The second-order valence-electron chi connectivity index (χ2n) is 5.66. The average Bonchev–Trinajstić information content (AvgIpc) is 3.24. The normalized spacial score (nSPS) is 16.1. The van der Waals surface area contributed by atoms with Gasteiger partial charge in [0.25, 0.3) is 5.91 Å². The van der Waals surface area contributed by atoms with Gasteiger partial charge in [-0.1, -0.05) is 12.1 Å². The summed E-state index contributed by atoms with van der Waals surface area (Å²) in [4.78, 5) is 21.2. The van der Waals surface area contributed by atoms with E-state index in [1.54, 1.807) is 17.4 Å². The van der Waals surface area contributed by atoms with E-state index in [4.69, 9.17) is 4.42 Å². The fraction of sp³-hybridized carbons (Fsp3) is 0.294. The van der Waals surface area contributed by atoms with Crippen LogP contribution in [0.3, 0.4) is 0 Å². The molecule has 5 nitrogen and oxygen atoms in total. The maximum atomic E-state index is 12.3. The summed E-state index contributed by atoms with van der Waals surface area (Å²) in [7, 11) is 0. The number of benzene rings is 1. The molecule has 23 heavy (non-hydrogen) atoms. The molecule has 118 valence electrons. The van der Waals surface area contributed by atoms with Gasteiger partial charge in [-0.3, -0.25) is 9.69 Å². The number of thiazole rings is 1. The molecule has 1 aromatic carbocycles. The molecule has 0 atom stereocenters. The van der Waals surface area contributed by atoms with Gasteiger partial charge in [-0.05, 0) is 18.2 Å². The Kier molecular flexibility index (Phi) is 3.85. The number of amides is 1. The molecule has 0 saturated carbocycles. The highest BCUT2D eigenvalue weighted by atomic mass is 32.1. The van der Waals surface area contributed by atoms with Gasteiger partial charge in [0, 0.05) is 26.2 Å². The molecule has 0 bridgehead atoms. The van der Waals surface area contributed by atoms with Crippen LogP contribution in [0.2, 0.25) is 0 Å². The highest BCUT2D eigenvalue weighted by molar-refractivity contribution is 7.18. The lowest BCUT2D eigenvalue weighted by Gasteiger charge is -2.34. The lowest BCUT2D eigenvalue weighted by Crippen LogP contribution is -2.48. The summed E-state index contributed by atoms with van der Waals surface area (Å²) in [5, 5.41) is 1.14. The van der Waals surface area contributed by atoms with Crippen LogP contribution in [0.15, 0.2) is 47.3 Å². The van der Waals surface area contributed by atoms with Gasteiger partial charge in [0.05, 0.1) is 28.6 Å². The van der Waals surface area contributed by atoms with Gasteiger partial charge in [-0.15, -0.1) is 11.3 Å². The summed E-state index contributed by atoms with van der Waals surface area (Å²) in [5.74, 6) is 0.0541. The lowest BCUT2D eigenvalue weighted by molar-refractivity contribution is 0.0628. The fourth-order valence-electron chi connectivity index (χ4n) is 2.86. The molecule has 4 rings (SSSR count). The van der Waals surface area contributed by atoms with Crippen molar-refractivity contribution in [3.05, 3.63) is 53.4 Å². The zero-order valence-electron chi connectivity index (χ0n) is 12.6. The summed E-state index contributed by atoms with van der Waals surface area (Å²) >= 11 is 1.75. The molecule has 1 aliphatic rings. The minimum absolute atomic E-state index is 0.0541. The molecule has 3 heterocycles. The van der Waals surface area contributed by atoms with Crippen molar-refractivity contribution < 1.29 is 9.21 Å². The van der Waals surface area contributed by atoms with Gasteiger partial charge in [0.15, 0.2) is 0 Å². The molecule has 0 spiro atoms. The first-order valence-corrected chi connectivity index (χ1v) is 8.49. The number of piperazine rings is 1. The average molecular weight is 327 g/mol. The van der Waals surface area contributed by atoms with Gasteiger partial charge in [0.1, 0.15) is 11.3 Å².